The minimum atomic E-state index is -0.387. The molecule has 1 aliphatic rings. The molecule has 0 spiro atoms. The number of urea groups is 1. The number of hydrogen-bond donors (Lipinski definition) is 1. The topological polar surface area (TPSA) is 107 Å². The Bertz CT molecular complexity index is 1110. The van der Waals surface area contributed by atoms with Gasteiger partial charge in [0.15, 0.2) is 0 Å². The number of aromatic nitrogens is 2. The first-order valence-corrected chi connectivity index (χ1v) is 10.9. The van der Waals surface area contributed by atoms with E-state index in [1.54, 1.807) is 43.2 Å². The Balaban J connectivity index is 1.39. The number of anilines is 1. The highest BCUT2D eigenvalue weighted by molar-refractivity contribution is 5.92. The zero-order valence-corrected chi connectivity index (χ0v) is 18.6. The van der Waals surface area contributed by atoms with Crippen molar-refractivity contribution in [3.8, 4) is 17.1 Å². The Morgan fingerprint density at radius 3 is 2.79 bits per heavy atom. The fourth-order valence-corrected chi connectivity index (χ4v) is 3.75. The maximum Gasteiger partial charge on any atom is 0.338 e. The average Bonchev–Trinajstić information content (AvgIpc) is 3.35. The molecule has 33 heavy (non-hydrogen) atoms. The fraction of sp³-hybridized carbons (Fsp3) is 0.333. The third-order valence-corrected chi connectivity index (χ3v) is 5.47. The van der Waals surface area contributed by atoms with Crippen LogP contribution in [0.15, 0.2) is 53.1 Å². The predicted octanol–water partition coefficient (Wildman–Crippen LogP) is 4.33. The highest BCUT2D eigenvalue weighted by Gasteiger charge is 2.29. The van der Waals surface area contributed by atoms with Gasteiger partial charge in [-0.15, -0.1) is 0 Å². The van der Waals surface area contributed by atoms with Crippen LogP contribution in [0.2, 0.25) is 0 Å². The summed E-state index contributed by atoms with van der Waals surface area (Å²) < 4.78 is 15.8. The summed E-state index contributed by atoms with van der Waals surface area (Å²) in [6.07, 6.45) is 1.69. The minimum Gasteiger partial charge on any atom is -0.497 e. The van der Waals surface area contributed by atoms with Crippen LogP contribution < -0.4 is 10.1 Å². The lowest BCUT2D eigenvalue weighted by molar-refractivity contribution is 0.0526. The molecule has 172 valence electrons. The average molecular weight is 450 g/mol. The maximum atomic E-state index is 12.8. The van der Waals surface area contributed by atoms with Crippen molar-refractivity contribution in [1.82, 2.24) is 15.0 Å². The molecule has 1 aromatic heterocycles. The summed E-state index contributed by atoms with van der Waals surface area (Å²) >= 11 is 0. The highest BCUT2D eigenvalue weighted by atomic mass is 16.5. The number of nitrogens with one attached hydrogen (secondary N) is 1. The van der Waals surface area contributed by atoms with Gasteiger partial charge >= 0.3 is 12.0 Å². The number of carbonyl (C=O) groups excluding carboxylic acids is 2. The predicted molar refractivity (Wildman–Crippen MR) is 121 cm³/mol. The van der Waals surface area contributed by atoms with Crippen LogP contribution in [0.25, 0.3) is 11.4 Å². The number of hydrogen-bond acceptors (Lipinski definition) is 7. The Morgan fingerprint density at radius 1 is 1.21 bits per heavy atom. The van der Waals surface area contributed by atoms with Crippen LogP contribution in [0.1, 0.15) is 41.9 Å². The number of rotatable bonds is 6. The van der Waals surface area contributed by atoms with Crippen molar-refractivity contribution < 1.29 is 23.6 Å². The molecule has 2 heterocycles. The number of benzene rings is 2. The lowest BCUT2D eigenvalue weighted by Gasteiger charge is -2.31. The number of likely N-dealkylation sites (tertiary alicyclic amines) is 1. The van der Waals surface area contributed by atoms with E-state index in [4.69, 9.17) is 14.0 Å². The monoisotopic (exact) mass is 450 g/mol. The first kappa shape index (κ1) is 22.3. The Hall–Kier alpha value is -3.88. The molecular weight excluding hydrogens is 424 g/mol. The zero-order chi connectivity index (χ0) is 23.2. The summed E-state index contributed by atoms with van der Waals surface area (Å²) in [6.45, 7) is 3.19. The second-order valence-corrected chi connectivity index (χ2v) is 7.70. The third kappa shape index (κ3) is 5.31. The van der Waals surface area contributed by atoms with E-state index in [0.29, 0.717) is 42.7 Å². The van der Waals surface area contributed by atoms with Gasteiger partial charge in [0.2, 0.25) is 11.7 Å². The van der Waals surface area contributed by atoms with E-state index < -0.39 is 0 Å². The van der Waals surface area contributed by atoms with Crippen LogP contribution in [-0.2, 0) is 4.74 Å². The maximum absolute atomic E-state index is 12.8. The second-order valence-electron chi connectivity index (χ2n) is 7.70. The van der Waals surface area contributed by atoms with Gasteiger partial charge in [-0.05, 0) is 56.2 Å². The SMILES string of the molecule is CCOC(=O)c1ccc(NC(=O)N2CCCC(c3nc(-c4cccc(OC)c4)no3)C2)cc1. The van der Waals surface area contributed by atoms with Gasteiger partial charge in [0.05, 0.1) is 25.2 Å². The summed E-state index contributed by atoms with van der Waals surface area (Å²) in [4.78, 5) is 30.9. The van der Waals surface area contributed by atoms with E-state index in [1.807, 2.05) is 24.3 Å². The molecule has 9 heteroatoms. The normalized spacial score (nSPS) is 15.7. The molecule has 0 saturated carbocycles. The van der Waals surface area contributed by atoms with Crippen LogP contribution in [0.5, 0.6) is 5.75 Å². The molecule has 9 nitrogen and oxygen atoms in total. The minimum absolute atomic E-state index is 0.0393. The van der Waals surface area contributed by atoms with E-state index in [-0.39, 0.29) is 17.9 Å². The molecule has 3 aromatic rings. The van der Waals surface area contributed by atoms with Crippen molar-refractivity contribution in [2.75, 3.05) is 32.1 Å². The van der Waals surface area contributed by atoms with Gasteiger partial charge in [0.25, 0.3) is 0 Å². The van der Waals surface area contributed by atoms with Gasteiger partial charge in [-0.2, -0.15) is 4.98 Å². The van der Waals surface area contributed by atoms with Crippen LogP contribution in [-0.4, -0.2) is 53.8 Å². The Labute approximate surface area is 191 Å². The number of nitrogens with zero attached hydrogens (tertiary/aromatic N) is 3. The quantitative estimate of drug-likeness (QED) is 0.557. The first-order chi connectivity index (χ1) is 16.1. The molecule has 1 atom stereocenters. The number of amides is 2. The van der Waals surface area contributed by atoms with E-state index in [9.17, 15) is 9.59 Å². The van der Waals surface area contributed by atoms with E-state index in [2.05, 4.69) is 15.5 Å². The molecule has 2 aromatic carbocycles. The molecular formula is C24H26N4O5. The van der Waals surface area contributed by atoms with Gasteiger partial charge in [0.1, 0.15) is 5.75 Å². The van der Waals surface area contributed by atoms with Gasteiger partial charge in [0, 0.05) is 24.3 Å². The standard InChI is InChI=1S/C24H26N4O5/c1-3-32-23(29)16-9-11-19(12-10-16)25-24(30)28-13-5-7-18(15-28)22-26-21(27-33-22)17-6-4-8-20(14-17)31-2/h4,6,8-12,14,18H,3,5,7,13,15H2,1-2H3,(H,25,30). The third-order valence-electron chi connectivity index (χ3n) is 5.47. The lowest BCUT2D eigenvalue weighted by Crippen LogP contribution is -2.41. The van der Waals surface area contributed by atoms with Gasteiger partial charge in [-0.1, -0.05) is 17.3 Å². The molecule has 1 saturated heterocycles. The molecule has 4 rings (SSSR count). The van der Waals surface area contributed by atoms with Gasteiger partial charge < -0.3 is 24.2 Å². The zero-order valence-electron chi connectivity index (χ0n) is 18.6. The smallest absolute Gasteiger partial charge is 0.338 e. The highest BCUT2D eigenvalue weighted by Crippen LogP contribution is 2.29. The number of esters is 1. The van der Waals surface area contributed by atoms with Gasteiger partial charge in [-0.25, -0.2) is 9.59 Å². The molecule has 1 aliphatic heterocycles. The van der Waals surface area contributed by atoms with Crippen LogP contribution >= 0.6 is 0 Å². The van der Waals surface area contributed by atoms with Crippen molar-refractivity contribution in [3.05, 3.63) is 60.0 Å². The summed E-state index contributed by atoms with van der Waals surface area (Å²) in [7, 11) is 1.61. The number of piperidine rings is 1. The number of ether oxygens (including phenoxy) is 2. The molecule has 2 amide bonds. The fourth-order valence-electron chi connectivity index (χ4n) is 3.75. The molecule has 0 bridgehead atoms. The summed E-state index contributed by atoms with van der Waals surface area (Å²) in [5.41, 5.74) is 1.85. The molecule has 0 aliphatic carbocycles. The molecule has 1 fully saturated rings. The van der Waals surface area contributed by atoms with Crippen LogP contribution in [0.4, 0.5) is 10.5 Å². The van der Waals surface area contributed by atoms with E-state index in [1.165, 1.54) is 0 Å². The van der Waals surface area contributed by atoms with Gasteiger partial charge in [-0.3, -0.25) is 0 Å². The number of methoxy groups -OCH3 is 1. The first-order valence-electron chi connectivity index (χ1n) is 10.9. The Kier molecular flexibility index (Phi) is 6.87. The van der Waals surface area contributed by atoms with Crippen molar-refractivity contribution >= 4 is 17.7 Å². The van der Waals surface area contributed by atoms with Crippen molar-refractivity contribution in [2.45, 2.75) is 25.7 Å². The van der Waals surface area contributed by atoms with E-state index in [0.717, 1.165) is 24.2 Å². The molecule has 1 unspecified atom stereocenters. The van der Waals surface area contributed by atoms with Crippen molar-refractivity contribution in [3.63, 3.8) is 0 Å². The van der Waals surface area contributed by atoms with Crippen molar-refractivity contribution in [2.24, 2.45) is 0 Å². The van der Waals surface area contributed by atoms with Crippen LogP contribution in [0, 0.1) is 0 Å². The number of carbonyl (C=O) groups is 2. The largest absolute Gasteiger partial charge is 0.497 e. The molecule has 0 radical (unpaired) electrons. The summed E-state index contributed by atoms with van der Waals surface area (Å²) in [5.74, 6) is 1.30. The van der Waals surface area contributed by atoms with Crippen LogP contribution in [0.3, 0.4) is 0 Å². The van der Waals surface area contributed by atoms with Crippen molar-refractivity contribution in [1.29, 1.82) is 0 Å². The van der Waals surface area contributed by atoms with E-state index >= 15 is 0 Å². The Morgan fingerprint density at radius 2 is 2.03 bits per heavy atom. The lowest BCUT2D eigenvalue weighted by atomic mass is 9.98. The summed E-state index contributed by atoms with van der Waals surface area (Å²) in [6, 6.07) is 13.9. The molecule has 1 N–H and O–H groups in total. The second kappa shape index (κ2) is 10.2. The summed E-state index contributed by atoms with van der Waals surface area (Å²) in [5, 5.41) is 6.99.